The lowest BCUT2D eigenvalue weighted by Crippen LogP contribution is -2.56. The second-order valence-corrected chi connectivity index (χ2v) is 10.2. The largest absolute Gasteiger partial charge is 0.442 e. The van der Waals surface area contributed by atoms with Gasteiger partial charge in [0.05, 0.1) is 24.3 Å². The molecule has 9 nitrogen and oxygen atoms in total. The number of ether oxygens (including phenoxy) is 1. The molecule has 0 bridgehead atoms. The fraction of sp³-hybridized carbons (Fsp3) is 0.292. The Hall–Kier alpha value is -3.66. The van der Waals surface area contributed by atoms with Gasteiger partial charge in [-0.3, -0.25) is 14.5 Å². The fourth-order valence-corrected chi connectivity index (χ4v) is 5.00. The van der Waals surface area contributed by atoms with Gasteiger partial charge in [0, 0.05) is 23.2 Å². The number of fused-ring (bicyclic) bond motifs is 1. The fourth-order valence-electron chi connectivity index (χ4n) is 3.69. The molecule has 1 aliphatic rings. The van der Waals surface area contributed by atoms with Crippen LogP contribution in [0.5, 0.6) is 0 Å². The first-order valence-electron chi connectivity index (χ1n) is 10.9. The predicted molar refractivity (Wildman–Crippen MR) is 128 cm³/mol. The summed E-state index contributed by atoms with van der Waals surface area (Å²) >= 11 is 0. The molecule has 1 aromatic heterocycles. The van der Waals surface area contributed by atoms with Crippen LogP contribution in [0, 0.1) is 6.92 Å². The van der Waals surface area contributed by atoms with Crippen molar-refractivity contribution in [3.05, 3.63) is 65.9 Å². The number of carbonyl (C=O) groups is 2. The van der Waals surface area contributed by atoms with Crippen molar-refractivity contribution in [2.45, 2.75) is 37.8 Å². The molecule has 0 radical (unpaired) electrons. The van der Waals surface area contributed by atoms with E-state index in [1.54, 1.807) is 60.5 Å². The molecular weight excluding hydrogens is 456 g/mol. The number of nitrogens with one attached hydrogen (secondary N) is 2. The van der Waals surface area contributed by atoms with Crippen LogP contribution in [0.2, 0.25) is 0 Å². The van der Waals surface area contributed by atoms with Gasteiger partial charge in [-0.1, -0.05) is 18.2 Å². The monoisotopic (exact) mass is 482 g/mol. The highest BCUT2D eigenvalue weighted by atomic mass is 32.2. The van der Waals surface area contributed by atoms with E-state index >= 15 is 0 Å². The van der Waals surface area contributed by atoms with Crippen LogP contribution < -0.4 is 10.0 Å². The number of hydrogen-bond donors (Lipinski definition) is 2. The van der Waals surface area contributed by atoms with E-state index in [4.69, 9.17) is 4.74 Å². The summed E-state index contributed by atoms with van der Waals surface area (Å²) < 4.78 is 34.0. The van der Waals surface area contributed by atoms with E-state index in [1.165, 1.54) is 6.07 Å². The quantitative estimate of drug-likeness (QED) is 0.557. The first-order valence-corrected chi connectivity index (χ1v) is 12.4. The summed E-state index contributed by atoms with van der Waals surface area (Å²) in [5, 5.41) is 3.37. The molecule has 2 aromatic carbocycles. The highest BCUT2D eigenvalue weighted by Crippen LogP contribution is 2.26. The summed E-state index contributed by atoms with van der Waals surface area (Å²) in [6.07, 6.45) is 0.708. The number of anilines is 1. The average molecular weight is 483 g/mol. The van der Waals surface area contributed by atoms with Gasteiger partial charge in [-0.15, -0.1) is 0 Å². The van der Waals surface area contributed by atoms with E-state index < -0.39 is 16.1 Å². The minimum atomic E-state index is -3.90. The number of alkyl carbamates (subject to hydrolysis) is 1. The van der Waals surface area contributed by atoms with Gasteiger partial charge in [-0.25, -0.2) is 13.2 Å². The van der Waals surface area contributed by atoms with Crippen LogP contribution in [-0.4, -0.2) is 55.5 Å². The SMILES string of the molecule is Cc1cc(C(=O)N2CC(OC(=O)NC(C)C)C2)ccc1NS(=O)(=O)c1cccc2cccnc12. The van der Waals surface area contributed by atoms with Gasteiger partial charge in [-0.05, 0) is 56.7 Å². The average Bonchev–Trinajstić information content (AvgIpc) is 2.76. The third kappa shape index (κ3) is 4.96. The zero-order chi connectivity index (χ0) is 24.5. The molecule has 1 fully saturated rings. The Balaban J connectivity index is 1.43. The molecule has 178 valence electrons. The number of aromatic nitrogens is 1. The van der Waals surface area contributed by atoms with E-state index in [1.807, 2.05) is 13.8 Å². The standard InChI is InChI=1S/C24H26N4O5S/c1-15(2)26-24(30)33-19-13-28(14-19)23(29)18-9-10-20(16(3)12-18)27-34(31,32)21-8-4-6-17-7-5-11-25-22(17)21/h4-12,15,19,27H,13-14H2,1-3H3,(H,26,30). The van der Waals surface area contributed by atoms with Gasteiger partial charge in [0.1, 0.15) is 11.0 Å². The number of hydrogen-bond acceptors (Lipinski definition) is 6. The van der Waals surface area contributed by atoms with Crippen LogP contribution in [0.3, 0.4) is 0 Å². The van der Waals surface area contributed by atoms with E-state index in [9.17, 15) is 18.0 Å². The van der Waals surface area contributed by atoms with Gasteiger partial charge < -0.3 is 15.0 Å². The summed E-state index contributed by atoms with van der Waals surface area (Å²) in [6, 6.07) is 13.3. The highest BCUT2D eigenvalue weighted by molar-refractivity contribution is 7.93. The molecule has 2 amide bonds. The van der Waals surface area contributed by atoms with E-state index in [2.05, 4.69) is 15.0 Å². The minimum Gasteiger partial charge on any atom is -0.442 e. The Morgan fingerprint density at radius 1 is 1.12 bits per heavy atom. The molecule has 2 N–H and O–H groups in total. The molecule has 0 aliphatic carbocycles. The number of para-hydroxylation sites is 1. The number of pyridine rings is 1. The molecule has 3 aromatic rings. The lowest BCUT2D eigenvalue weighted by atomic mass is 10.1. The molecule has 0 atom stereocenters. The second-order valence-electron chi connectivity index (χ2n) is 8.50. The minimum absolute atomic E-state index is 0.0268. The Bertz CT molecular complexity index is 1350. The molecule has 4 rings (SSSR count). The van der Waals surface area contributed by atoms with Crippen LogP contribution in [0.15, 0.2) is 59.6 Å². The molecule has 2 heterocycles. The van der Waals surface area contributed by atoms with Crippen molar-refractivity contribution in [2.24, 2.45) is 0 Å². The van der Waals surface area contributed by atoms with Crippen molar-refractivity contribution >= 4 is 38.6 Å². The van der Waals surface area contributed by atoms with Crippen LogP contribution in [0.4, 0.5) is 10.5 Å². The van der Waals surface area contributed by atoms with Gasteiger partial charge in [0.2, 0.25) is 0 Å². The number of amides is 2. The molecule has 10 heteroatoms. The van der Waals surface area contributed by atoms with Crippen molar-refractivity contribution in [3.63, 3.8) is 0 Å². The number of likely N-dealkylation sites (tertiary alicyclic amines) is 1. The van der Waals surface area contributed by atoms with Gasteiger partial charge in [-0.2, -0.15) is 0 Å². The Kier molecular flexibility index (Phi) is 6.43. The zero-order valence-electron chi connectivity index (χ0n) is 19.1. The maximum atomic E-state index is 13.1. The van der Waals surface area contributed by atoms with Crippen LogP contribution in [-0.2, 0) is 14.8 Å². The van der Waals surface area contributed by atoms with E-state index in [0.717, 1.165) is 5.39 Å². The van der Waals surface area contributed by atoms with Crippen LogP contribution >= 0.6 is 0 Å². The van der Waals surface area contributed by atoms with E-state index in [-0.39, 0.29) is 22.9 Å². The predicted octanol–water partition coefficient (Wildman–Crippen LogP) is 3.30. The molecule has 34 heavy (non-hydrogen) atoms. The summed E-state index contributed by atoms with van der Waals surface area (Å²) in [6.45, 7) is 6.03. The van der Waals surface area contributed by atoms with Crippen LogP contribution in [0.25, 0.3) is 10.9 Å². The van der Waals surface area contributed by atoms with Crippen molar-refractivity contribution < 1.29 is 22.7 Å². The Labute approximate surface area is 198 Å². The topological polar surface area (TPSA) is 118 Å². The molecule has 1 aliphatic heterocycles. The third-order valence-electron chi connectivity index (χ3n) is 5.42. The molecular formula is C24H26N4O5S. The number of rotatable bonds is 6. The number of nitrogens with zero attached hydrogens (tertiary/aromatic N) is 2. The third-order valence-corrected chi connectivity index (χ3v) is 6.82. The lowest BCUT2D eigenvalue weighted by molar-refractivity contribution is -0.00700. The normalized spacial score (nSPS) is 14.1. The number of benzene rings is 2. The number of aryl methyl sites for hydroxylation is 1. The maximum absolute atomic E-state index is 13.1. The number of sulfonamides is 1. The van der Waals surface area contributed by atoms with Crippen molar-refractivity contribution in [2.75, 3.05) is 17.8 Å². The highest BCUT2D eigenvalue weighted by Gasteiger charge is 2.34. The van der Waals surface area contributed by atoms with Gasteiger partial charge in [0.25, 0.3) is 15.9 Å². The Morgan fingerprint density at radius 3 is 2.56 bits per heavy atom. The van der Waals surface area contributed by atoms with Crippen LogP contribution in [0.1, 0.15) is 29.8 Å². The van der Waals surface area contributed by atoms with E-state index in [0.29, 0.717) is 35.4 Å². The Morgan fingerprint density at radius 2 is 1.85 bits per heavy atom. The van der Waals surface area contributed by atoms with Crippen molar-refractivity contribution in [3.8, 4) is 0 Å². The second kappa shape index (κ2) is 9.30. The van der Waals surface area contributed by atoms with Crippen molar-refractivity contribution in [1.82, 2.24) is 15.2 Å². The molecule has 1 saturated heterocycles. The summed E-state index contributed by atoms with van der Waals surface area (Å²) in [7, 11) is -3.90. The maximum Gasteiger partial charge on any atom is 0.407 e. The molecule has 0 unspecified atom stereocenters. The number of carbonyl (C=O) groups excluding carboxylic acids is 2. The summed E-state index contributed by atoms with van der Waals surface area (Å²) in [4.78, 5) is 30.3. The first kappa shape index (κ1) is 23.5. The van der Waals surface area contributed by atoms with Crippen molar-refractivity contribution in [1.29, 1.82) is 0 Å². The zero-order valence-corrected chi connectivity index (χ0v) is 19.9. The molecule has 0 spiro atoms. The first-order chi connectivity index (χ1) is 16.1. The van der Waals surface area contributed by atoms with Gasteiger partial charge >= 0.3 is 6.09 Å². The molecule has 0 saturated carbocycles. The summed E-state index contributed by atoms with van der Waals surface area (Å²) in [5.74, 6) is -0.208. The lowest BCUT2D eigenvalue weighted by Gasteiger charge is -2.38. The van der Waals surface area contributed by atoms with Gasteiger partial charge in [0.15, 0.2) is 0 Å². The smallest absolute Gasteiger partial charge is 0.407 e. The summed E-state index contributed by atoms with van der Waals surface area (Å²) in [5.41, 5.74) is 1.79.